The zero-order chi connectivity index (χ0) is 21.5. The monoisotopic (exact) mass is 439 g/mol. The molecule has 0 saturated heterocycles. The third-order valence-electron chi connectivity index (χ3n) is 3.92. The van der Waals surface area contributed by atoms with E-state index in [1.165, 1.54) is 11.8 Å². The normalized spacial score (nSPS) is 10.3. The number of nitrogens with zero attached hydrogens (tertiary/aromatic N) is 5. The zero-order valence-electron chi connectivity index (χ0n) is 17.1. The predicted octanol–water partition coefficient (Wildman–Crippen LogP) is 4.94. The van der Waals surface area contributed by atoms with Crippen LogP contribution in [0.5, 0.6) is 11.6 Å². The van der Waals surface area contributed by atoms with Gasteiger partial charge in [-0.15, -0.1) is 0 Å². The van der Waals surface area contributed by atoms with E-state index in [9.17, 15) is 0 Å². The molecule has 0 amide bonds. The molecule has 0 atom stereocenters. The molecule has 0 N–H and O–H groups in total. The first kappa shape index (κ1) is 21.7. The fraction of sp³-hybridized carbons (Fsp3) is 0.190. The first-order valence-electron chi connectivity index (χ1n) is 9.25. The van der Waals surface area contributed by atoms with E-state index in [1.54, 1.807) is 31.8 Å². The Labute approximate surface area is 184 Å². The van der Waals surface area contributed by atoms with Gasteiger partial charge in [0, 0.05) is 18.3 Å². The number of thioether (sulfide) groups is 1. The molecular formula is C21H21N5O2S2. The molecule has 7 nitrogen and oxygen atoms in total. The van der Waals surface area contributed by atoms with Gasteiger partial charge >= 0.3 is 0 Å². The molecule has 4 heterocycles. The number of methoxy groups -OCH3 is 1. The maximum atomic E-state index is 5.60. The molecule has 154 valence electrons. The summed E-state index contributed by atoms with van der Waals surface area (Å²) in [7, 11) is 1.58. The van der Waals surface area contributed by atoms with Gasteiger partial charge in [-0.2, -0.15) is 0 Å². The van der Waals surface area contributed by atoms with Gasteiger partial charge in [0.25, 0.3) is 0 Å². The Morgan fingerprint density at radius 1 is 1.07 bits per heavy atom. The average Bonchev–Trinajstić information content (AvgIpc) is 3.19. The van der Waals surface area contributed by atoms with Gasteiger partial charge in [0.2, 0.25) is 10.3 Å². The van der Waals surface area contributed by atoms with Crippen LogP contribution < -0.4 is 9.47 Å². The Morgan fingerprint density at radius 2 is 1.90 bits per heavy atom. The van der Waals surface area contributed by atoms with Crippen molar-refractivity contribution in [3.63, 3.8) is 0 Å². The molecule has 0 radical (unpaired) electrons. The van der Waals surface area contributed by atoms with E-state index in [4.69, 9.17) is 26.7 Å². The second kappa shape index (κ2) is 10.1. The van der Waals surface area contributed by atoms with Gasteiger partial charge in [-0.3, -0.25) is 9.55 Å². The van der Waals surface area contributed by atoms with Gasteiger partial charge < -0.3 is 9.47 Å². The van der Waals surface area contributed by atoms with Crippen molar-refractivity contribution in [1.29, 1.82) is 0 Å². The van der Waals surface area contributed by atoms with Crippen LogP contribution in [-0.4, -0.2) is 42.3 Å². The van der Waals surface area contributed by atoms with E-state index < -0.39 is 0 Å². The Balaban J connectivity index is 0.00000124. The summed E-state index contributed by atoms with van der Waals surface area (Å²) in [5.41, 5.74) is 2.84. The zero-order valence-corrected chi connectivity index (χ0v) is 18.7. The van der Waals surface area contributed by atoms with Gasteiger partial charge in [0.1, 0.15) is 17.0 Å². The Morgan fingerprint density at radius 3 is 2.53 bits per heavy atom. The van der Waals surface area contributed by atoms with Crippen molar-refractivity contribution in [2.75, 3.05) is 13.4 Å². The summed E-state index contributed by atoms with van der Waals surface area (Å²) in [5.74, 6) is 1.72. The number of fused-ring (bicyclic) bond motifs is 1. The number of hydrogen-bond acceptors (Lipinski definition) is 8. The van der Waals surface area contributed by atoms with Gasteiger partial charge in [0.15, 0.2) is 11.5 Å². The number of imidazole rings is 1. The van der Waals surface area contributed by atoms with Crippen molar-refractivity contribution in [1.82, 2.24) is 24.5 Å². The molecule has 9 heteroatoms. The van der Waals surface area contributed by atoms with E-state index in [0.29, 0.717) is 33.0 Å². The molecule has 0 aliphatic rings. The van der Waals surface area contributed by atoms with Crippen LogP contribution in [0.25, 0.3) is 28.4 Å². The van der Waals surface area contributed by atoms with Crippen molar-refractivity contribution >= 4 is 39.5 Å². The maximum Gasteiger partial charge on any atom is 0.225 e. The number of thiocarbonyl (C=S) groups is 1. The minimum Gasteiger partial charge on any atom is -0.481 e. The lowest BCUT2D eigenvalue weighted by atomic mass is 10.3. The highest BCUT2D eigenvalue weighted by atomic mass is 32.2. The van der Waals surface area contributed by atoms with Crippen molar-refractivity contribution in [3.05, 3.63) is 55.0 Å². The molecule has 4 aromatic rings. The minimum atomic E-state index is 0.421. The fourth-order valence-corrected chi connectivity index (χ4v) is 2.95. The van der Waals surface area contributed by atoms with Crippen molar-refractivity contribution in [2.45, 2.75) is 13.8 Å². The van der Waals surface area contributed by atoms with Gasteiger partial charge in [0.05, 0.1) is 25.2 Å². The Hall–Kier alpha value is -3.04. The van der Waals surface area contributed by atoms with Crippen LogP contribution in [0.2, 0.25) is 0 Å². The first-order chi connectivity index (χ1) is 14.7. The average molecular weight is 440 g/mol. The molecule has 0 aromatic carbocycles. The predicted molar refractivity (Wildman–Crippen MR) is 125 cm³/mol. The van der Waals surface area contributed by atoms with Gasteiger partial charge in [-0.05, 0) is 36.7 Å². The highest BCUT2D eigenvalue weighted by molar-refractivity contribution is 8.22. The smallest absolute Gasteiger partial charge is 0.225 e. The fourth-order valence-electron chi connectivity index (χ4n) is 2.68. The van der Waals surface area contributed by atoms with Crippen molar-refractivity contribution in [3.8, 4) is 28.8 Å². The van der Waals surface area contributed by atoms with E-state index in [0.717, 1.165) is 11.4 Å². The first-order valence-corrected chi connectivity index (χ1v) is 10.9. The standard InChI is InChI=1S/C19H15N5O2S2.C2H6/c1-25-16-7-6-12(10-21-16)24-17-15(9-13(11-22-17)26-19(27)28-2)23-18(24)14-5-3-4-8-20-14;1-2/h3-11H,1-2H3;1-2H3. The molecule has 4 rings (SSSR count). The molecule has 0 fully saturated rings. The highest BCUT2D eigenvalue weighted by Crippen LogP contribution is 2.28. The third kappa shape index (κ3) is 4.58. The number of ether oxygens (including phenoxy) is 2. The number of pyridine rings is 3. The summed E-state index contributed by atoms with van der Waals surface area (Å²) in [4.78, 5) is 18.0. The van der Waals surface area contributed by atoms with Crippen LogP contribution in [0.15, 0.2) is 55.0 Å². The summed E-state index contributed by atoms with van der Waals surface area (Å²) < 4.78 is 13.1. The summed E-state index contributed by atoms with van der Waals surface area (Å²) in [6, 6.07) is 11.2. The van der Waals surface area contributed by atoms with Crippen molar-refractivity contribution in [2.24, 2.45) is 0 Å². The third-order valence-corrected chi connectivity index (χ3v) is 4.92. The summed E-state index contributed by atoms with van der Waals surface area (Å²) in [6.45, 7) is 4.00. The molecule has 0 unspecified atom stereocenters. The summed E-state index contributed by atoms with van der Waals surface area (Å²) in [6.07, 6.45) is 6.92. The van der Waals surface area contributed by atoms with Crippen LogP contribution in [0.4, 0.5) is 0 Å². The summed E-state index contributed by atoms with van der Waals surface area (Å²) in [5, 5.41) is 0. The molecule has 0 spiro atoms. The highest BCUT2D eigenvalue weighted by Gasteiger charge is 2.17. The van der Waals surface area contributed by atoms with Crippen LogP contribution in [0.1, 0.15) is 13.8 Å². The lowest BCUT2D eigenvalue weighted by molar-refractivity contribution is 0.398. The van der Waals surface area contributed by atoms with E-state index in [1.807, 2.05) is 55.0 Å². The Kier molecular flexibility index (Phi) is 7.31. The number of aromatic nitrogens is 5. The van der Waals surface area contributed by atoms with Crippen LogP contribution in [0.3, 0.4) is 0 Å². The van der Waals surface area contributed by atoms with Gasteiger partial charge in [-0.25, -0.2) is 15.0 Å². The van der Waals surface area contributed by atoms with E-state index >= 15 is 0 Å². The molecule has 0 bridgehead atoms. The van der Waals surface area contributed by atoms with Crippen molar-refractivity contribution < 1.29 is 9.47 Å². The molecule has 4 aromatic heterocycles. The van der Waals surface area contributed by atoms with Crippen LogP contribution >= 0.6 is 24.0 Å². The SMILES string of the molecule is CC.COc1ccc(-n2c(-c3ccccn3)nc3cc(OC(=S)SC)cnc32)cn1. The molecular weight excluding hydrogens is 418 g/mol. The molecule has 0 saturated carbocycles. The van der Waals surface area contributed by atoms with E-state index in [-0.39, 0.29) is 0 Å². The lowest BCUT2D eigenvalue weighted by Gasteiger charge is -2.09. The summed E-state index contributed by atoms with van der Waals surface area (Å²) >= 11 is 6.48. The molecule has 30 heavy (non-hydrogen) atoms. The second-order valence-corrected chi connectivity index (χ2v) is 7.02. The largest absolute Gasteiger partial charge is 0.481 e. The molecule has 0 aliphatic heterocycles. The lowest BCUT2D eigenvalue weighted by Crippen LogP contribution is -2.02. The number of hydrogen-bond donors (Lipinski definition) is 0. The molecule has 0 aliphatic carbocycles. The van der Waals surface area contributed by atoms with Gasteiger partial charge in [-0.1, -0.05) is 31.7 Å². The Bertz CT molecular complexity index is 1130. The quantitative estimate of drug-likeness (QED) is 0.414. The number of rotatable bonds is 4. The second-order valence-electron chi connectivity index (χ2n) is 5.61. The van der Waals surface area contributed by atoms with Crippen LogP contribution in [-0.2, 0) is 0 Å². The van der Waals surface area contributed by atoms with E-state index in [2.05, 4.69) is 15.0 Å². The topological polar surface area (TPSA) is 75.0 Å². The minimum absolute atomic E-state index is 0.421. The maximum absolute atomic E-state index is 5.60. The van der Waals surface area contributed by atoms with Crippen LogP contribution in [0, 0.1) is 0 Å².